The maximum Gasteiger partial charge on any atom is 0.292 e. The van der Waals surface area contributed by atoms with E-state index in [-0.39, 0.29) is 30.0 Å². The summed E-state index contributed by atoms with van der Waals surface area (Å²) in [4.78, 5) is 32.9. The van der Waals surface area contributed by atoms with Gasteiger partial charge in [0.05, 0.1) is 24.9 Å². The van der Waals surface area contributed by atoms with E-state index in [1.54, 1.807) is 36.0 Å². The molecule has 0 aromatic carbocycles. The number of rotatable bonds is 6. The second-order valence-corrected chi connectivity index (χ2v) is 6.65. The number of carbonyl (C=O) groups is 2. The number of nitrogens with zero attached hydrogens (tertiary/aromatic N) is 4. The summed E-state index contributed by atoms with van der Waals surface area (Å²) in [7, 11) is 1.76. The summed E-state index contributed by atoms with van der Waals surface area (Å²) in [6.07, 6.45) is 2.63. The third-order valence-corrected chi connectivity index (χ3v) is 4.59. The molecule has 1 aliphatic heterocycles. The second kappa shape index (κ2) is 8.77. The quantitative estimate of drug-likeness (QED) is 0.760. The highest BCUT2D eigenvalue weighted by molar-refractivity contribution is 5.92. The Labute approximate surface area is 158 Å². The monoisotopic (exact) mass is 372 g/mol. The van der Waals surface area contributed by atoms with Gasteiger partial charge in [0.15, 0.2) is 0 Å². The lowest BCUT2D eigenvalue weighted by molar-refractivity contribution is -0.132. The van der Waals surface area contributed by atoms with Gasteiger partial charge in [0, 0.05) is 50.9 Å². The van der Waals surface area contributed by atoms with Gasteiger partial charge in [-0.1, -0.05) is 11.2 Å². The average molecular weight is 372 g/mol. The van der Waals surface area contributed by atoms with E-state index >= 15 is 0 Å². The van der Waals surface area contributed by atoms with Crippen LogP contribution in [0.5, 0.6) is 0 Å². The molecule has 1 fully saturated rings. The van der Waals surface area contributed by atoms with Crippen LogP contribution in [0.15, 0.2) is 35.0 Å². The maximum atomic E-state index is 12.7. The molecule has 0 unspecified atom stereocenters. The molecule has 3 rings (SSSR count). The van der Waals surface area contributed by atoms with Gasteiger partial charge in [-0.05, 0) is 19.1 Å². The van der Waals surface area contributed by atoms with Crippen molar-refractivity contribution < 1.29 is 18.8 Å². The summed E-state index contributed by atoms with van der Waals surface area (Å²) in [5.74, 6) is -0.101. The molecule has 27 heavy (non-hydrogen) atoms. The number of pyridine rings is 1. The van der Waals surface area contributed by atoms with Gasteiger partial charge in [0.25, 0.3) is 5.91 Å². The van der Waals surface area contributed by atoms with Crippen LogP contribution in [0.2, 0.25) is 0 Å². The number of likely N-dealkylation sites (N-methyl/N-ethyl adjacent to an activating group) is 1. The molecule has 1 saturated heterocycles. The van der Waals surface area contributed by atoms with Crippen molar-refractivity contribution in [3.05, 3.63) is 47.6 Å². The molecule has 3 heterocycles. The fourth-order valence-corrected chi connectivity index (χ4v) is 3.01. The average Bonchev–Trinajstić information content (AvgIpc) is 3.13. The van der Waals surface area contributed by atoms with Crippen LogP contribution in [0, 0.1) is 6.92 Å². The zero-order valence-electron chi connectivity index (χ0n) is 15.6. The van der Waals surface area contributed by atoms with E-state index in [4.69, 9.17) is 9.26 Å². The number of carbonyl (C=O) groups excluding carboxylic acids is 2. The van der Waals surface area contributed by atoms with E-state index in [1.165, 1.54) is 0 Å². The van der Waals surface area contributed by atoms with Gasteiger partial charge in [0.2, 0.25) is 11.7 Å². The number of aryl methyl sites for hydroxylation is 1. The molecular formula is C19H24N4O4. The second-order valence-electron chi connectivity index (χ2n) is 6.65. The Morgan fingerprint density at radius 2 is 2.22 bits per heavy atom. The van der Waals surface area contributed by atoms with Gasteiger partial charge in [0.1, 0.15) is 0 Å². The van der Waals surface area contributed by atoms with Crippen LogP contribution in [-0.2, 0) is 16.0 Å². The Hall–Kier alpha value is -2.74. The van der Waals surface area contributed by atoms with Gasteiger partial charge in [-0.2, -0.15) is 0 Å². The minimum Gasteiger partial charge on any atom is -0.377 e. The summed E-state index contributed by atoms with van der Waals surface area (Å²) in [5.41, 5.74) is 1.59. The van der Waals surface area contributed by atoms with Crippen LogP contribution in [-0.4, -0.2) is 71.1 Å². The first-order valence-electron chi connectivity index (χ1n) is 9.00. The molecule has 0 bridgehead atoms. The number of aromatic nitrogens is 2. The molecule has 0 saturated carbocycles. The van der Waals surface area contributed by atoms with E-state index in [0.29, 0.717) is 38.4 Å². The summed E-state index contributed by atoms with van der Waals surface area (Å²) < 4.78 is 10.6. The van der Waals surface area contributed by atoms with E-state index in [1.807, 2.05) is 18.2 Å². The Balaban J connectivity index is 1.58. The molecule has 1 aliphatic rings. The summed E-state index contributed by atoms with van der Waals surface area (Å²) >= 11 is 0. The van der Waals surface area contributed by atoms with Crippen LogP contribution in [0.25, 0.3) is 0 Å². The third-order valence-electron chi connectivity index (χ3n) is 4.59. The molecule has 8 nitrogen and oxygen atoms in total. The molecule has 0 radical (unpaired) electrons. The number of hydrogen-bond acceptors (Lipinski definition) is 6. The number of hydrogen-bond donors (Lipinski definition) is 0. The predicted molar refractivity (Wildman–Crippen MR) is 97.1 cm³/mol. The predicted octanol–water partition coefficient (Wildman–Crippen LogP) is 1.31. The van der Waals surface area contributed by atoms with Crippen LogP contribution in [0.3, 0.4) is 0 Å². The van der Waals surface area contributed by atoms with Crippen LogP contribution < -0.4 is 0 Å². The van der Waals surface area contributed by atoms with Crippen LogP contribution in [0.1, 0.15) is 28.4 Å². The highest BCUT2D eigenvalue weighted by Crippen LogP contribution is 2.16. The normalized spacial score (nSPS) is 17.0. The molecule has 2 aromatic heterocycles. The highest BCUT2D eigenvalue weighted by atomic mass is 16.5. The lowest BCUT2D eigenvalue weighted by Gasteiger charge is -2.35. The Morgan fingerprint density at radius 3 is 2.93 bits per heavy atom. The minimum atomic E-state index is -0.318. The van der Waals surface area contributed by atoms with E-state index < -0.39 is 0 Å². The summed E-state index contributed by atoms with van der Waals surface area (Å²) in [5, 5.41) is 3.77. The van der Waals surface area contributed by atoms with Gasteiger partial charge in [-0.3, -0.25) is 14.6 Å². The third kappa shape index (κ3) is 4.91. The highest BCUT2D eigenvalue weighted by Gasteiger charge is 2.32. The van der Waals surface area contributed by atoms with Crippen LogP contribution >= 0.6 is 0 Å². The summed E-state index contributed by atoms with van der Waals surface area (Å²) in [6, 6.07) is 7.02. The van der Waals surface area contributed by atoms with Crippen molar-refractivity contribution in [1.82, 2.24) is 19.9 Å². The Kier molecular flexibility index (Phi) is 6.18. The number of ether oxygens (including phenoxy) is 1. The zero-order chi connectivity index (χ0) is 19.2. The number of amides is 2. The van der Waals surface area contributed by atoms with Crippen molar-refractivity contribution in [3.8, 4) is 0 Å². The Morgan fingerprint density at radius 1 is 1.37 bits per heavy atom. The van der Waals surface area contributed by atoms with E-state index in [0.717, 1.165) is 5.69 Å². The fourth-order valence-electron chi connectivity index (χ4n) is 3.01. The van der Waals surface area contributed by atoms with Gasteiger partial charge in [-0.15, -0.1) is 0 Å². The molecule has 2 amide bonds. The molecule has 0 aliphatic carbocycles. The molecule has 0 N–H and O–H groups in total. The van der Waals surface area contributed by atoms with E-state index in [9.17, 15) is 9.59 Å². The lowest BCUT2D eigenvalue weighted by Crippen LogP contribution is -2.50. The van der Waals surface area contributed by atoms with Crippen molar-refractivity contribution in [3.63, 3.8) is 0 Å². The molecular weight excluding hydrogens is 348 g/mol. The zero-order valence-corrected chi connectivity index (χ0v) is 15.6. The van der Waals surface area contributed by atoms with Gasteiger partial charge < -0.3 is 19.1 Å². The van der Waals surface area contributed by atoms with Gasteiger partial charge in [-0.25, -0.2) is 0 Å². The molecule has 2 aromatic rings. The summed E-state index contributed by atoms with van der Waals surface area (Å²) in [6.45, 7) is 3.53. The van der Waals surface area contributed by atoms with Crippen LogP contribution in [0.4, 0.5) is 0 Å². The van der Waals surface area contributed by atoms with E-state index in [2.05, 4.69) is 10.1 Å². The first kappa shape index (κ1) is 19.0. The topological polar surface area (TPSA) is 88.8 Å². The van der Waals surface area contributed by atoms with Gasteiger partial charge >= 0.3 is 0 Å². The SMILES string of the molecule is Cc1cc(C(=O)N2CCOC[C@H]2CC(=O)N(C)CCc2ccccn2)on1. The van der Waals surface area contributed by atoms with Crippen molar-refractivity contribution in [2.75, 3.05) is 33.4 Å². The largest absolute Gasteiger partial charge is 0.377 e. The smallest absolute Gasteiger partial charge is 0.292 e. The van der Waals surface area contributed by atoms with Crippen molar-refractivity contribution >= 4 is 11.8 Å². The fraction of sp³-hybridized carbons (Fsp3) is 0.474. The first-order valence-corrected chi connectivity index (χ1v) is 9.00. The van der Waals surface area contributed by atoms with Crippen molar-refractivity contribution in [1.29, 1.82) is 0 Å². The van der Waals surface area contributed by atoms with Crippen molar-refractivity contribution in [2.24, 2.45) is 0 Å². The maximum absolute atomic E-state index is 12.7. The molecule has 1 atom stereocenters. The first-order chi connectivity index (χ1) is 13.0. The molecule has 144 valence electrons. The standard InChI is InChI=1S/C19H24N4O4/c1-14-11-17(27-21-14)19(25)23-9-10-26-13-16(23)12-18(24)22(2)8-6-15-5-3-4-7-20-15/h3-5,7,11,16H,6,8-10,12-13H2,1-2H3/t16-/m1/s1. The Bertz CT molecular complexity index is 777. The van der Waals surface area contributed by atoms with Crippen molar-refractivity contribution in [2.45, 2.75) is 25.8 Å². The lowest BCUT2D eigenvalue weighted by atomic mass is 10.1. The molecule has 8 heteroatoms. The molecule has 0 spiro atoms. The minimum absolute atomic E-state index is 0.0343. The number of morpholine rings is 1.